The first kappa shape index (κ1) is 24.5. The molecule has 0 unspecified atom stereocenters. The number of nitrogens with zero attached hydrogens (tertiary/aromatic N) is 2. The molecule has 7 heteroatoms. The molecular formula is C20H34ClIN4O. The van der Waals surface area contributed by atoms with Gasteiger partial charge in [0.25, 0.3) is 0 Å². The molecular weight excluding hydrogens is 475 g/mol. The number of ether oxygens (including phenoxy) is 1. The van der Waals surface area contributed by atoms with Gasteiger partial charge in [-0.25, -0.2) is 0 Å². The van der Waals surface area contributed by atoms with Crippen molar-refractivity contribution in [1.29, 1.82) is 0 Å². The van der Waals surface area contributed by atoms with Crippen LogP contribution in [0.4, 0.5) is 0 Å². The summed E-state index contributed by atoms with van der Waals surface area (Å²) in [6.45, 7) is 11.3. The van der Waals surface area contributed by atoms with Crippen LogP contribution < -0.4 is 10.6 Å². The van der Waals surface area contributed by atoms with Gasteiger partial charge in [0.2, 0.25) is 0 Å². The Hall–Kier alpha value is -0.570. The highest BCUT2D eigenvalue weighted by Crippen LogP contribution is 2.22. The lowest BCUT2D eigenvalue weighted by Gasteiger charge is -2.31. The number of guanidine groups is 1. The lowest BCUT2D eigenvalue weighted by Crippen LogP contribution is -2.40. The van der Waals surface area contributed by atoms with E-state index in [1.165, 1.54) is 18.4 Å². The Bertz CT molecular complexity index is 551. The summed E-state index contributed by atoms with van der Waals surface area (Å²) in [7, 11) is 0. The molecule has 1 aliphatic rings. The summed E-state index contributed by atoms with van der Waals surface area (Å²) in [6, 6.07) is 8.14. The topological polar surface area (TPSA) is 48.9 Å². The van der Waals surface area contributed by atoms with Crippen LogP contribution in [0.5, 0.6) is 0 Å². The van der Waals surface area contributed by atoms with Crippen LogP contribution in [0.15, 0.2) is 29.3 Å². The second-order valence-corrected chi connectivity index (χ2v) is 7.06. The minimum absolute atomic E-state index is 0. The van der Waals surface area contributed by atoms with E-state index in [1.54, 1.807) is 0 Å². The number of halogens is 2. The van der Waals surface area contributed by atoms with Gasteiger partial charge in [0.15, 0.2) is 5.96 Å². The Kier molecular flexibility index (Phi) is 13.1. The molecule has 27 heavy (non-hydrogen) atoms. The third-order valence-electron chi connectivity index (χ3n) is 4.65. The fourth-order valence-electron chi connectivity index (χ4n) is 3.14. The van der Waals surface area contributed by atoms with Gasteiger partial charge < -0.3 is 15.4 Å². The molecule has 0 radical (unpaired) electrons. The van der Waals surface area contributed by atoms with Crippen molar-refractivity contribution < 1.29 is 4.74 Å². The normalized spacial score (nSPS) is 16.0. The maximum Gasteiger partial charge on any atom is 0.191 e. The molecule has 0 aromatic heterocycles. The smallest absolute Gasteiger partial charge is 0.191 e. The minimum Gasteiger partial charge on any atom is -0.380 e. The zero-order valence-electron chi connectivity index (χ0n) is 16.5. The third kappa shape index (κ3) is 9.45. The molecule has 1 aromatic carbocycles. The van der Waals surface area contributed by atoms with Gasteiger partial charge in [-0.05, 0) is 57.3 Å². The van der Waals surface area contributed by atoms with Crippen molar-refractivity contribution in [3.05, 3.63) is 34.9 Å². The minimum atomic E-state index is 0. The lowest BCUT2D eigenvalue weighted by molar-refractivity contribution is 0.152. The van der Waals surface area contributed by atoms with E-state index in [4.69, 9.17) is 21.3 Å². The summed E-state index contributed by atoms with van der Waals surface area (Å²) in [6.07, 6.45) is 2.37. The Labute approximate surface area is 186 Å². The van der Waals surface area contributed by atoms with Crippen molar-refractivity contribution in [2.75, 3.05) is 45.9 Å². The van der Waals surface area contributed by atoms with Crippen molar-refractivity contribution in [1.82, 2.24) is 15.5 Å². The third-order valence-corrected chi connectivity index (χ3v) is 5.02. The maximum absolute atomic E-state index is 6.28. The predicted molar refractivity (Wildman–Crippen MR) is 125 cm³/mol. The molecule has 0 bridgehead atoms. The summed E-state index contributed by atoms with van der Waals surface area (Å²) in [5.74, 6) is 1.55. The van der Waals surface area contributed by atoms with E-state index in [0.717, 1.165) is 56.9 Å². The Morgan fingerprint density at radius 2 is 1.96 bits per heavy atom. The summed E-state index contributed by atoms with van der Waals surface area (Å²) in [5.41, 5.74) is 1.22. The average Bonchev–Trinajstić information content (AvgIpc) is 2.66. The number of aliphatic imine (C=N–C) groups is 1. The molecule has 1 fully saturated rings. The van der Waals surface area contributed by atoms with E-state index in [1.807, 2.05) is 19.1 Å². The molecule has 2 rings (SSSR count). The van der Waals surface area contributed by atoms with Crippen molar-refractivity contribution in [2.45, 2.75) is 33.2 Å². The average molecular weight is 509 g/mol. The summed E-state index contributed by atoms with van der Waals surface area (Å²) < 4.78 is 5.37. The first-order valence-corrected chi connectivity index (χ1v) is 10.2. The summed E-state index contributed by atoms with van der Waals surface area (Å²) in [5, 5.41) is 7.50. The number of hydrogen-bond acceptors (Lipinski definition) is 3. The fraction of sp³-hybridized carbons (Fsp3) is 0.650. The molecule has 1 aromatic rings. The maximum atomic E-state index is 6.28. The van der Waals surface area contributed by atoms with Gasteiger partial charge >= 0.3 is 0 Å². The van der Waals surface area contributed by atoms with Gasteiger partial charge in [0, 0.05) is 37.8 Å². The van der Waals surface area contributed by atoms with E-state index in [2.05, 4.69) is 34.6 Å². The second-order valence-electron chi connectivity index (χ2n) is 6.65. The summed E-state index contributed by atoms with van der Waals surface area (Å²) >= 11 is 6.28. The van der Waals surface area contributed by atoms with Crippen LogP contribution in [-0.4, -0.2) is 56.8 Å². The monoisotopic (exact) mass is 508 g/mol. The highest BCUT2D eigenvalue weighted by molar-refractivity contribution is 14.0. The molecule has 0 atom stereocenters. The van der Waals surface area contributed by atoms with Gasteiger partial charge in [-0.1, -0.05) is 29.8 Å². The van der Waals surface area contributed by atoms with Crippen LogP contribution in [0.3, 0.4) is 0 Å². The van der Waals surface area contributed by atoms with Crippen LogP contribution in [0.1, 0.15) is 32.3 Å². The van der Waals surface area contributed by atoms with Crippen molar-refractivity contribution in [3.63, 3.8) is 0 Å². The lowest BCUT2D eigenvalue weighted by atomic mass is 9.96. The first-order valence-electron chi connectivity index (χ1n) is 9.78. The number of benzene rings is 1. The van der Waals surface area contributed by atoms with E-state index in [9.17, 15) is 0 Å². The van der Waals surface area contributed by atoms with Gasteiger partial charge in [-0.2, -0.15) is 0 Å². The van der Waals surface area contributed by atoms with Gasteiger partial charge in [0.1, 0.15) is 0 Å². The molecule has 0 amide bonds. The van der Waals surface area contributed by atoms with Crippen molar-refractivity contribution in [3.8, 4) is 0 Å². The van der Waals surface area contributed by atoms with Crippen LogP contribution in [-0.2, 0) is 11.3 Å². The standard InChI is InChI=1S/C20H33ClN4O.HI/c1-3-22-20(23-11-14-26-4-2)24-15-17-9-12-25(13-10-17)16-18-7-5-6-8-19(18)21;/h5-8,17H,3-4,9-16H2,1-2H3,(H2,22,23,24);1H. The predicted octanol–water partition coefficient (Wildman–Crippen LogP) is 3.76. The Morgan fingerprint density at radius 1 is 1.22 bits per heavy atom. The number of nitrogens with one attached hydrogen (secondary N) is 2. The van der Waals surface area contributed by atoms with Crippen LogP contribution in [0, 0.1) is 5.92 Å². The SMILES string of the molecule is CCNC(=NCC1CCN(Cc2ccccc2Cl)CC1)NCCOCC.I. The van der Waals surface area contributed by atoms with Crippen LogP contribution >= 0.6 is 35.6 Å². The zero-order valence-corrected chi connectivity index (χ0v) is 19.6. The Balaban J connectivity index is 0.00000364. The molecule has 1 aliphatic heterocycles. The number of hydrogen-bond donors (Lipinski definition) is 2. The summed E-state index contributed by atoms with van der Waals surface area (Å²) in [4.78, 5) is 7.25. The van der Waals surface area contributed by atoms with Crippen molar-refractivity contribution >= 4 is 41.5 Å². The highest BCUT2D eigenvalue weighted by Gasteiger charge is 2.19. The largest absolute Gasteiger partial charge is 0.380 e. The molecule has 0 saturated carbocycles. The molecule has 5 nitrogen and oxygen atoms in total. The van der Waals surface area contributed by atoms with Crippen LogP contribution in [0.2, 0.25) is 5.02 Å². The fourth-order valence-corrected chi connectivity index (χ4v) is 3.34. The van der Waals surface area contributed by atoms with Gasteiger partial charge in [-0.15, -0.1) is 24.0 Å². The first-order chi connectivity index (χ1) is 12.7. The van der Waals surface area contributed by atoms with Gasteiger partial charge in [-0.3, -0.25) is 9.89 Å². The molecule has 154 valence electrons. The molecule has 0 aliphatic carbocycles. The van der Waals surface area contributed by atoms with Crippen LogP contribution in [0.25, 0.3) is 0 Å². The van der Waals surface area contributed by atoms with Gasteiger partial charge in [0.05, 0.1) is 6.61 Å². The van der Waals surface area contributed by atoms with Crippen molar-refractivity contribution in [2.24, 2.45) is 10.9 Å². The molecule has 0 spiro atoms. The number of piperidine rings is 1. The van der Waals surface area contributed by atoms with E-state index in [0.29, 0.717) is 12.5 Å². The molecule has 2 N–H and O–H groups in total. The zero-order chi connectivity index (χ0) is 18.6. The molecule has 1 heterocycles. The Morgan fingerprint density at radius 3 is 2.63 bits per heavy atom. The van der Waals surface area contributed by atoms with E-state index < -0.39 is 0 Å². The van der Waals surface area contributed by atoms with E-state index in [-0.39, 0.29) is 24.0 Å². The number of likely N-dealkylation sites (tertiary alicyclic amines) is 1. The second kappa shape index (κ2) is 14.4. The highest BCUT2D eigenvalue weighted by atomic mass is 127. The quantitative estimate of drug-likeness (QED) is 0.231. The number of rotatable bonds is 9. The van der Waals surface area contributed by atoms with E-state index >= 15 is 0 Å². The molecule has 1 saturated heterocycles.